The molecule has 8 heteroatoms. The summed E-state index contributed by atoms with van der Waals surface area (Å²) in [4.78, 5) is 9.22. The van der Waals surface area contributed by atoms with Crippen molar-refractivity contribution in [2.24, 2.45) is 0 Å². The number of aromatic nitrogens is 2. The Morgan fingerprint density at radius 2 is 1.95 bits per heavy atom. The molecule has 0 aromatic carbocycles. The number of aliphatic hydroxyl groups is 1. The summed E-state index contributed by atoms with van der Waals surface area (Å²) in [5.74, 6) is 0.123. The summed E-state index contributed by atoms with van der Waals surface area (Å²) < 4.78 is 38.7. The van der Waals surface area contributed by atoms with E-state index in [1.165, 1.54) is 0 Å². The van der Waals surface area contributed by atoms with E-state index in [0.717, 1.165) is 18.9 Å². The zero-order chi connectivity index (χ0) is 15.9. The van der Waals surface area contributed by atoms with Crippen molar-refractivity contribution in [3.8, 4) is 0 Å². The van der Waals surface area contributed by atoms with Crippen LogP contribution in [0, 0.1) is 0 Å². The molecular weight excluding hydrogens is 285 g/mol. The third-order valence-electron chi connectivity index (χ3n) is 2.81. The number of nitrogens with one attached hydrogen (secondary N) is 1. The average Bonchev–Trinajstić information content (AvgIpc) is 2.42. The molecule has 0 spiro atoms. The molecule has 120 valence electrons. The van der Waals surface area contributed by atoms with Gasteiger partial charge < -0.3 is 15.3 Å². The number of unbranched alkanes of at least 4 members (excludes halogenated alkanes) is 1. The molecule has 0 saturated carbocycles. The summed E-state index contributed by atoms with van der Waals surface area (Å²) in [6, 6.07) is 0.923. The van der Waals surface area contributed by atoms with Crippen LogP contribution in [0.25, 0.3) is 0 Å². The van der Waals surface area contributed by atoms with Gasteiger partial charge in [-0.2, -0.15) is 18.2 Å². The van der Waals surface area contributed by atoms with Gasteiger partial charge in [-0.25, -0.2) is 4.98 Å². The minimum absolute atomic E-state index is 0.0539. The van der Waals surface area contributed by atoms with Gasteiger partial charge in [0.05, 0.1) is 6.61 Å². The van der Waals surface area contributed by atoms with Crippen molar-refractivity contribution in [3.05, 3.63) is 11.8 Å². The summed E-state index contributed by atoms with van der Waals surface area (Å²) in [5.41, 5.74) is -0.983. The first kappa shape index (κ1) is 17.5. The lowest BCUT2D eigenvalue weighted by molar-refractivity contribution is -0.141. The second-order valence-corrected chi connectivity index (χ2v) is 4.53. The van der Waals surface area contributed by atoms with Crippen molar-refractivity contribution in [1.82, 2.24) is 9.97 Å². The predicted octanol–water partition coefficient (Wildman–Crippen LogP) is 2.53. The Kier molecular flexibility index (Phi) is 6.67. The molecule has 0 amide bonds. The lowest BCUT2D eigenvalue weighted by Crippen LogP contribution is -2.29. The quantitative estimate of drug-likeness (QED) is 0.773. The van der Waals surface area contributed by atoms with Crippen LogP contribution in [0.2, 0.25) is 0 Å². The van der Waals surface area contributed by atoms with Gasteiger partial charge in [0, 0.05) is 25.7 Å². The molecule has 0 fully saturated rings. The number of rotatable bonds is 8. The van der Waals surface area contributed by atoms with Crippen molar-refractivity contribution in [2.75, 3.05) is 36.5 Å². The highest BCUT2D eigenvalue weighted by molar-refractivity contribution is 5.45. The number of aliphatic hydroxyl groups excluding tert-OH is 1. The topological polar surface area (TPSA) is 61.3 Å². The molecule has 1 heterocycles. The molecule has 1 aromatic heterocycles. The van der Waals surface area contributed by atoms with Crippen LogP contribution in [-0.2, 0) is 6.18 Å². The maximum absolute atomic E-state index is 12.9. The van der Waals surface area contributed by atoms with Gasteiger partial charge in [0.15, 0.2) is 5.69 Å². The Bertz CT molecular complexity index is 440. The van der Waals surface area contributed by atoms with Crippen LogP contribution in [0.4, 0.5) is 24.9 Å². The van der Waals surface area contributed by atoms with Crippen molar-refractivity contribution in [1.29, 1.82) is 0 Å². The molecule has 1 aromatic rings. The van der Waals surface area contributed by atoms with E-state index in [4.69, 9.17) is 5.11 Å². The molecule has 0 atom stereocenters. The van der Waals surface area contributed by atoms with Gasteiger partial charge in [-0.15, -0.1) is 0 Å². The Morgan fingerprint density at radius 3 is 2.48 bits per heavy atom. The van der Waals surface area contributed by atoms with Crippen LogP contribution >= 0.6 is 0 Å². The van der Waals surface area contributed by atoms with Crippen LogP contribution in [0.15, 0.2) is 6.07 Å². The normalized spacial score (nSPS) is 11.5. The first-order valence-electron chi connectivity index (χ1n) is 6.98. The number of anilines is 2. The van der Waals surface area contributed by atoms with Gasteiger partial charge in [0.2, 0.25) is 5.95 Å². The fraction of sp³-hybridized carbons (Fsp3) is 0.692. The summed E-state index contributed by atoms with van der Waals surface area (Å²) in [5, 5.41) is 11.8. The second kappa shape index (κ2) is 8.02. The number of halogens is 3. The smallest absolute Gasteiger partial charge is 0.395 e. The number of nitrogens with zero attached hydrogens (tertiary/aromatic N) is 3. The summed E-state index contributed by atoms with van der Waals surface area (Å²) >= 11 is 0. The van der Waals surface area contributed by atoms with Crippen molar-refractivity contribution < 1.29 is 18.3 Å². The van der Waals surface area contributed by atoms with E-state index in [-0.39, 0.29) is 24.9 Å². The van der Waals surface area contributed by atoms with E-state index >= 15 is 0 Å². The van der Waals surface area contributed by atoms with E-state index < -0.39 is 11.9 Å². The summed E-state index contributed by atoms with van der Waals surface area (Å²) in [6.07, 6.45) is -2.82. The number of alkyl halides is 3. The summed E-state index contributed by atoms with van der Waals surface area (Å²) in [7, 11) is 0. The monoisotopic (exact) mass is 306 g/mol. The average molecular weight is 306 g/mol. The van der Waals surface area contributed by atoms with Crippen LogP contribution in [-0.4, -0.2) is 41.3 Å². The summed E-state index contributed by atoms with van der Waals surface area (Å²) in [6.45, 7) is 4.80. The van der Waals surface area contributed by atoms with Gasteiger partial charge in [0.1, 0.15) is 5.82 Å². The van der Waals surface area contributed by atoms with E-state index in [1.807, 2.05) is 6.92 Å². The lowest BCUT2D eigenvalue weighted by atomic mass is 10.3. The third kappa shape index (κ3) is 5.37. The zero-order valence-corrected chi connectivity index (χ0v) is 12.2. The third-order valence-corrected chi connectivity index (χ3v) is 2.81. The molecule has 0 radical (unpaired) electrons. The largest absolute Gasteiger partial charge is 0.433 e. The maximum atomic E-state index is 12.9. The molecule has 0 unspecified atom stereocenters. The molecule has 2 N–H and O–H groups in total. The van der Waals surface area contributed by atoms with E-state index in [9.17, 15) is 13.2 Å². The van der Waals surface area contributed by atoms with Crippen LogP contribution in [0.1, 0.15) is 32.4 Å². The van der Waals surface area contributed by atoms with Gasteiger partial charge in [-0.3, -0.25) is 0 Å². The van der Waals surface area contributed by atoms with Crippen molar-refractivity contribution >= 4 is 11.8 Å². The Balaban J connectivity index is 3.14. The number of hydrogen-bond acceptors (Lipinski definition) is 5. The van der Waals surface area contributed by atoms with Gasteiger partial charge in [-0.05, 0) is 13.3 Å². The molecule has 1 rings (SSSR count). The van der Waals surface area contributed by atoms with Crippen LogP contribution in [0.3, 0.4) is 0 Å². The highest BCUT2D eigenvalue weighted by atomic mass is 19.4. The Morgan fingerprint density at radius 1 is 1.24 bits per heavy atom. The second-order valence-electron chi connectivity index (χ2n) is 4.53. The van der Waals surface area contributed by atoms with E-state index in [1.54, 1.807) is 11.8 Å². The first-order valence-corrected chi connectivity index (χ1v) is 6.98. The molecule has 5 nitrogen and oxygen atoms in total. The fourth-order valence-electron chi connectivity index (χ4n) is 1.79. The van der Waals surface area contributed by atoms with Crippen molar-refractivity contribution in [2.45, 2.75) is 32.9 Å². The van der Waals surface area contributed by atoms with Gasteiger partial charge >= 0.3 is 6.18 Å². The lowest BCUT2D eigenvalue weighted by Gasteiger charge is -2.24. The SMILES string of the molecule is CCCCN(CCO)c1cc(C(F)(F)F)nc(NCC)n1. The van der Waals surface area contributed by atoms with E-state index in [0.29, 0.717) is 13.1 Å². The maximum Gasteiger partial charge on any atom is 0.433 e. The molecule has 0 aliphatic rings. The zero-order valence-electron chi connectivity index (χ0n) is 12.2. The highest BCUT2D eigenvalue weighted by Crippen LogP contribution is 2.30. The van der Waals surface area contributed by atoms with Crippen molar-refractivity contribution in [3.63, 3.8) is 0 Å². The Hall–Kier alpha value is -1.57. The molecule has 21 heavy (non-hydrogen) atoms. The standard InChI is InChI=1S/C13H21F3N4O/c1-3-5-6-20(7-8-21)11-9-10(13(14,15)16)18-12(19-11)17-4-2/h9,21H,3-8H2,1-2H3,(H,17,18,19). The fourth-order valence-corrected chi connectivity index (χ4v) is 1.79. The predicted molar refractivity (Wildman–Crippen MR) is 75.4 cm³/mol. The molecule has 0 saturated heterocycles. The van der Waals surface area contributed by atoms with Crippen LogP contribution in [0.5, 0.6) is 0 Å². The van der Waals surface area contributed by atoms with E-state index in [2.05, 4.69) is 15.3 Å². The molecule has 0 aliphatic carbocycles. The minimum Gasteiger partial charge on any atom is -0.395 e. The van der Waals surface area contributed by atoms with Gasteiger partial charge in [0.25, 0.3) is 0 Å². The highest BCUT2D eigenvalue weighted by Gasteiger charge is 2.34. The van der Waals surface area contributed by atoms with Gasteiger partial charge in [-0.1, -0.05) is 13.3 Å². The molecule has 0 bridgehead atoms. The minimum atomic E-state index is -4.53. The first-order chi connectivity index (χ1) is 9.92. The molecule has 0 aliphatic heterocycles. The van der Waals surface area contributed by atoms with Crippen LogP contribution < -0.4 is 10.2 Å². The Labute approximate surface area is 122 Å². The molecular formula is C13H21F3N4O. The number of hydrogen-bond donors (Lipinski definition) is 2.